The third-order valence-corrected chi connectivity index (χ3v) is 5.16. The highest BCUT2D eigenvalue weighted by molar-refractivity contribution is 9.10. The second kappa shape index (κ2) is 7.40. The lowest BCUT2D eigenvalue weighted by Gasteiger charge is -2.13. The lowest BCUT2D eigenvalue weighted by atomic mass is 10.1. The summed E-state index contributed by atoms with van der Waals surface area (Å²) in [5.41, 5.74) is 8.37. The minimum Gasteiger partial charge on any atom is -0.318 e. The first-order valence-electron chi connectivity index (χ1n) is 8.58. The summed E-state index contributed by atoms with van der Waals surface area (Å²) < 4.78 is 3.35. The minimum absolute atomic E-state index is 0.948. The van der Waals surface area contributed by atoms with E-state index < -0.39 is 0 Å². The van der Waals surface area contributed by atoms with Crippen LogP contribution in [-0.4, -0.2) is 10.8 Å². The van der Waals surface area contributed by atoms with Crippen LogP contribution in [0.15, 0.2) is 58.0 Å². The third-order valence-electron chi connectivity index (χ3n) is 4.53. The van der Waals surface area contributed by atoms with Gasteiger partial charge in [-0.15, -0.1) is 0 Å². The van der Waals surface area contributed by atoms with Gasteiger partial charge in [0.2, 0.25) is 0 Å². The van der Waals surface area contributed by atoms with Crippen LogP contribution in [0.5, 0.6) is 0 Å². The molecule has 1 aromatic heterocycles. The van der Waals surface area contributed by atoms with Gasteiger partial charge < -0.3 is 4.57 Å². The van der Waals surface area contributed by atoms with E-state index in [9.17, 15) is 0 Å². The topological polar surface area (TPSA) is 17.3 Å². The Kier molecular flexibility index (Phi) is 5.24. The van der Waals surface area contributed by atoms with E-state index in [1.54, 1.807) is 0 Å². The monoisotopic (exact) mass is 394 g/mol. The largest absolute Gasteiger partial charge is 0.318 e. The summed E-state index contributed by atoms with van der Waals surface area (Å²) in [5.74, 6) is 0. The second-order valence-corrected chi connectivity index (χ2v) is 7.21. The number of aryl methyl sites for hydroxylation is 3. The highest BCUT2D eigenvalue weighted by Crippen LogP contribution is 2.27. The molecule has 0 aliphatic carbocycles. The van der Waals surface area contributed by atoms with E-state index in [1.807, 2.05) is 12.3 Å². The Labute approximate surface area is 158 Å². The molecule has 2 aromatic carbocycles. The van der Waals surface area contributed by atoms with Crippen molar-refractivity contribution in [1.82, 2.24) is 4.57 Å². The predicted molar refractivity (Wildman–Crippen MR) is 111 cm³/mol. The number of aromatic nitrogens is 1. The molecule has 3 aromatic rings. The van der Waals surface area contributed by atoms with Crippen molar-refractivity contribution in [2.75, 3.05) is 0 Å². The standard InChI is InChI=1S/C22H23BrN2/c1-5-18-8-6-7-9-22(18)25-16(3)13-19(17(25)4)14-24-21-11-10-15(2)12-20(21)23/h6-14H,5H2,1-4H3. The Bertz CT molecular complexity index is 935. The molecular formula is C22H23BrN2. The van der Waals surface area contributed by atoms with Crippen molar-refractivity contribution in [1.29, 1.82) is 0 Å². The molecule has 0 saturated carbocycles. The minimum atomic E-state index is 0.948. The maximum absolute atomic E-state index is 4.68. The van der Waals surface area contributed by atoms with E-state index in [0.29, 0.717) is 0 Å². The van der Waals surface area contributed by atoms with Crippen LogP contribution in [0.3, 0.4) is 0 Å². The first-order chi connectivity index (χ1) is 12.0. The first kappa shape index (κ1) is 17.7. The maximum atomic E-state index is 4.68. The molecule has 0 fully saturated rings. The van der Waals surface area contributed by atoms with Crippen molar-refractivity contribution in [3.8, 4) is 5.69 Å². The predicted octanol–water partition coefficient (Wildman–Crippen LogP) is 6.48. The van der Waals surface area contributed by atoms with Crippen LogP contribution in [0, 0.1) is 20.8 Å². The fraction of sp³-hybridized carbons (Fsp3) is 0.227. The number of hydrogen-bond donors (Lipinski definition) is 0. The third kappa shape index (κ3) is 3.62. The van der Waals surface area contributed by atoms with Crippen LogP contribution < -0.4 is 0 Å². The number of aliphatic imine (C=N–C) groups is 1. The molecule has 128 valence electrons. The number of para-hydroxylation sites is 1. The number of benzene rings is 2. The Morgan fingerprint density at radius 3 is 2.52 bits per heavy atom. The summed E-state index contributed by atoms with van der Waals surface area (Å²) in [6.45, 7) is 8.59. The van der Waals surface area contributed by atoms with Gasteiger partial charge in [-0.05, 0) is 78.5 Å². The van der Waals surface area contributed by atoms with E-state index in [1.165, 1.54) is 28.2 Å². The molecule has 0 spiro atoms. The molecule has 2 nitrogen and oxygen atoms in total. The van der Waals surface area contributed by atoms with Crippen molar-refractivity contribution in [2.24, 2.45) is 4.99 Å². The lowest BCUT2D eigenvalue weighted by molar-refractivity contribution is 0.937. The fourth-order valence-electron chi connectivity index (χ4n) is 3.17. The Hall–Kier alpha value is -2.13. The average molecular weight is 395 g/mol. The smallest absolute Gasteiger partial charge is 0.0772 e. The quantitative estimate of drug-likeness (QED) is 0.450. The normalized spacial score (nSPS) is 11.4. The van der Waals surface area contributed by atoms with Gasteiger partial charge in [-0.2, -0.15) is 0 Å². The van der Waals surface area contributed by atoms with Gasteiger partial charge in [0.05, 0.1) is 5.69 Å². The zero-order chi connectivity index (χ0) is 18.0. The fourth-order valence-corrected chi connectivity index (χ4v) is 3.77. The molecule has 1 heterocycles. The van der Waals surface area contributed by atoms with E-state index in [0.717, 1.165) is 22.1 Å². The summed E-state index contributed by atoms with van der Waals surface area (Å²) in [4.78, 5) is 4.68. The van der Waals surface area contributed by atoms with Gasteiger partial charge >= 0.3 is 0 Å². The van der Waals surface area contributed by atoms with Gasteiger partial charge in [0, 0.05) is 33.3 Å². The SMILES string of the molecule is CCc1ccccc1-n1c(C)cc(C=Nc2ccc(C)cc2Br)c1C. The molecule has 0 bridgehead atoms. The highest BCUT2D eigenvalue weighted by Gasteiger charge is 2.11. The molecular weight excluding hydrogens is 372 g/mol. The molecule has 3 heteroatoms. The summed E-state index contributed by atoms with van der Waals surface area (Å²) in [5, 5.41) is 0. The van der Waals surface area contributed by atoms with Crippen LogP contribution >= 0.6 is 15.9 Å². The van der Waals surface area contributed by atoms with Crippen LogP contribution in [0.25, 0.3) is 5.69 Å². The molecule has 0 amide bonds. The zero-order valence-electron chi connectivity index (χ0n) is 15.2. The van der Waals surface area contributed by atoms with E-state index in [-0.39, 0.29) is 0 Å². The molecule has 0 radical (unpaired) electrons. The zero-order valence-corrected chi connectivity index (χ0v) is 16.8. The van der Waals surface area contributed by atoms with Gasteiger partial charge in [-0.1, -0.05) is 31.2 Å². The number of halogens is 1. The van der Waals surface area contributed by atoms with Crippen LogP contribution in [0.1, 0.15) is 35.0 Å². The van der Waals surface area contributed by atoms with Gasteiger partial charge in [-0.25, -0.2) is 0 Å². The van der Waals surface area contributed by atoms with Gasteiger partial charge in [0.15, 0.2) is 0 Å². The van der Waals surface area contributed by atoms with E-state index >= 15 is 0 Å². The van der Waals surface area contributed by atoms with Gasteiger partial charge in [-0.3, -0.25) is 4.99 Å². The number of hydrogen-bond acceptors (Lipinski definition) is 1. The molecule has 0 N–H and O–H groups in total. The molecule has 25 heavy (non-hydrogen) atoms. The average Bonchev–Trinajstić information content (AvgIpc) is 2.88. The number of nitrogens with zero attached hydrogens (tertiary/aromatic N) is 2. The first-order valence-corrected chi connectivity index (χ1v) is 9.38. The van der Waals surface area contributed by atoms with Crippen molar-refractivity contribution in [2.45, 2.75) is 34.1 Å². The van der Waals surface area contributed by atoms with Crippen molar-refractivity contribution in [3.05, 3.63) is 81.1 Å². The summed E-state index contributed by atoms with van der Waals surface area (Å²) in [7, 11) is 0. The maximum Gasteiger partial charge on any atom is 0.0772 e. The van der Waals surface area contributed by atoms with Crippen LogP contribution in [0.2, 0.25) is 0 Å². The van der Waals surface area contributed by atoms with Crippen LogP contribution in [0.4, 0.5) is 5.69 Å². The van der Waals surface area contributed by atoms with Crippen molar-refractivity contribution >= 4 is 27.8 Å². The molecule has 0 saturated heterocycles. The molecule has 0 aliphatic heterocycles. The molecule has 3 rings (SSSR count). The van der Waals surface area contributed by atoms with E-state index in [2.05, 4.69) is 95.6 Å². The number of rotatable bonds is 4. The second-order valence-electron chi connectivity index (χ2n) is 6.36. The Morgan fingerprint density at radius 2 is 1.80 bits per heavy atom. The Balaban J connectivity index is 2.01. The summed E-state index contributed by atoms with van der Waals surface area (Å²) >= 11 is 3.60. The van der Waals surface area contributed by atoms with Gasteiger partial charge in [0.25, 0.3) is 0 Å². The summed E-state index contributed by atoms with van der Waals surface area (Å²) in [6, 6.07) is 17.0. The molecule has 0 unspecified atom stereocenters. The van der Waals surface area contributed by atoms with Crippen molar-refractivity contribution < 1.29 is 0 Å². The Morgan fingerprint density at radius 1 is 1.04 bits per heavy atom. The van der Waals surface area contributed by atoms with E-state index in [4.69, 9.17) is 0 Å². The summed E-state index contributed by atoms with van der Waals surface area (Å²) in [6.07, 6.45) is 2.98. The lowest BCUT2D eigenvalue weighted by Crippen LogP contribution is -2.03. The van der Waals surface area contributed by atoms with Crippen LogP contribution in [-0.2, 0) is 6.42 Å². The molecule has 0 atom stereocenters. The highest BCUT2D eigenvalue weighted by atomic mass is 79.9. The van der Waals surface area contributed by atoms with Gasteiger partial charge in [0.1, 0.15) is 0 Å². The molecule has 0 aliphatic rings. The van der Waals surface area contributed by atoms with Crippen molar-refractivity contribution in [3.63, 3.8) is 0 Å².